The van der Waals surface area contributed by atoms with Gasteiger partial charge in [-0.15, -0.1) is 0 Å². The van der Waals surface area contributed by atoms with Crippen molar-refractivity contribution in [2.75, 3.05) is 13.7 Å². The molecule has 0 aliphatic heterocycles. The van der Waals surface area contributed by atoms with Crippen LogP contribution in [0, 0.1) is 0 Å². The lowest BCUT2D eigenvalue weighted by atomic mass is 10.0. The van der Waals surface area contributed by atoms with Crippen molar-refractivity contribution in [1.82, 2.24) is 4.72 Å². The molecule has 0 fully saturated rings. The first-order valence-corrected chi connectivity index (χ1v) is 7.58. The second kappa shape index (κ2) is 6.20. The van der Waals surface area contributed by atoms with E-state index in [0.717, 1.165) is 12.0 Å². The summed E-state index contributed by atoms with van der Waals surface area (Å²) >= 11 is 0. The lowest BCUT2D eigenvalue weighted by Gasteiger charge is -2.13. The van der Waals surface area contributed by atoms with Gasteiger partial charge in [-0.3, -0.25) is 0 Å². The first kappa shape index (κ1) is 15.0. The number of methoxy groups -OCH3 is 1. The Hall–Kier alpha value is -1.07. The second-order valence-electron chi connectivity index (χ2n) is 4.46. The average molecular weight is 271 g/mol. The Labute approximate surface area is 109 Å². The number of nitrogens with one attached hydrogen (secondary N) is 1. The monoisotopic (exact) mass is 271 g/mol. The summed E-state index contributed by atoms with van der Waals surface area (Å²) in [7, 11) is -2.00. The molecule has 1 aromatic carbocycles. The molecule has 0 amide bonds. The Bertz CT molecular complexity index is 495. The molecule has 0 aromatic heterocycles. The van der Waals surface area contributed by atoms with Crippen LogP contribution in [0.1, 0.15) is 38.7 Å². The Kier molecular flexibility index (Phi) is 5.16. The Morgan fingerprint density at radius 3 is 2.50 bits per heavy atom. The van der Waals surface area contributed by atoms with Gasteiger partial charge in [0.1, 0.15) is 10.6 Å². The normalized spacial score (nSPS) is 11.8. The summed E-state index contributed by atoms with van der Waals surface area (Å²) in [5.41, 5.74) is 1.06. The number of benzene rings is 1. The molecule has 0 bridgehead atoms. The summed E-state index contributed by atoms with van der Waals surface area (Å²) in [6.45, 7) is 6.45. The minimum Gasteiger partial charge on any atom is -0.495 e. The highest BCUT2D eigenvalue weighted by Crippen LogP contribution is 2.27. The van der Waals surface area contributed by atoms with Gasteiger partial charge in [0, 0.05) is 6.54 Å². The number of ether oxygens (including phenoxy) is 1. The molecular formula is C13H21NO3S. The van der Waals surface area contributed by atoms with E-state index in [2.05, 4.69) is 18.6 Å². The van der Waals surface area contributed by atoms with Gasteiger partial charge in [0.05, 0.1) is 7.11 Å². The van der Waals surface area contributed by atoms with Crippen molar-refractivity contribution in [3.8, 4) is 5.75 Å². The molecule has 102 valence electrons. The molecular weight excluding hydrogens is 250 g/mol. The van der Waals surface area contributed by atoms with Crippen LogP contribution in [-0.2, 0) is 10.0 Å². The van der Waals surface area contributed by atoms with Gasteiger partial charge in [-0.2, -0.15) is 0 Å². The zero-order valence-corrected chi connectivity index (χ0v) is 12.2. The summed E-state index contributed by atoms with van der Waals surface area (Å²) in [6, 6.07) is 5.21. The van der Waals surface area contributed by atoms with Crippen LogP contribution in [0.15, 0.2) is 23.1 Å². The highest BCUT2D eigenvalue weighted by molar-refractivity contribution is 7.89. The molecule has 0 radical (unpaired) electrons. The van der Waals surface area contributed by atoms with E-state index >= 15 is 0 Å². The topological polar surface area (TPSA) is 55.4 Å². The van der Waals surface area contributed by atoms with E-state index in [9.17, 15) is 8.42 Å². The average Bonchev–Trinajstić information content (AvgIpc) is 2.35. The molecule has 1 N–H and O–H groups in total. The van der Waals surface area contributed by atoms with Gasteiger partial charge in [0.25, 0.3) is 0 Å². The molecule has 0 saturated heterocycles. The van der Waals surface area contributed by atoms with E-state index in [1.165, 1.54) is 7.11 Å². The molecule has 0 heterocycles. The van der Waals surface area contributed by atoms with E-state index in [1.54, 1.807) is 12.1 Å². The van der Waals surface area contributed by atoms with Crippen molar-refractivity contribution < 1.29 is 13.2 Å². The van der Waals surface area contributed by atoms with Crippen LogP contribution in [0.2, 0.25) is 0 Å². The van der Waals surface area contributed by atoms with Crippen LogP contribution in [0.3, 0.4) is 0 Å². The Morgan fingerprint density at radius 2 is 2.00 bits per heavy atom. The highest BCUT2D eigenvalue weighted by Gasteiger charge is 2.19. The van der Waals surface area contributed by atoms with E-state index in [0.29, 0.717) is 18.2 Å². The van der Waals surface area contributed by atoms with Gasteiger partial charge in [-0.05, 0) is 30.0 Å². The van der Waals surface area contributed by atoms with Crippen molar-refractivity contribution in [2.45, 2.75) is 38.0 Å². The third-order valence-electron chi connectivity index (χ3n) is 2.69. The van der Waals surface area contributed by atoms with Crippen LogP contribution >= 0.6 is 0 Å². The van der Waals surface area contributed by atoms with Crippen LogP contribution in [0.4, 0.5) is 0 Å². The summed E-state index contributed by atoms with van der Waals surface area (Å²) < 4.78 is 31.8. The van der Waals surface area contributed by atoms with Crippen LogP contribution in [0.5, 0.6) is 5.75 Å². The first-order valence-electron chi connectivity index (χ1n) is 6.10. The number of sulfonamides is 1. The maximum absolute atomic E-state index is 12.1. The largest absolute Gasteiger partial charge is 0.495 e. The molecule has 0 unspecified atom stereocenters. The molecule has 0 aliphatic rings. The Morgan fingerprint density at radius 1 is 1.33 bits per heavy atom. The van der Waals surface area contributed by atoms with Gasteiger partial charge in [-0.1, -0.05) is 26.8 Å². The predicted molar refractivity (Wildman–Crippen MR) is 72.6 cm³/mol. The minimum absolute atomic E-state index is 0.197. The van der Waals surface area contributed by atoms with E-state index in [-0.39, 0.29) is 4.90 Å². The van der Waals surface area contributed by atoms with E-state index in [4.69, 9.17) is 4.74 Å². The quantitative estimate of drug-likeness (QED) is 0.865. The van der Waals surface area contributed by atoms with Crippen molar-refractivity contribution >= 4 is 10.0 Å². The lowest BCUT2D eigenvalue weighted by Crippen LogP contribution is -2.24. The van der Waals surface area contributed by atoms with Crippen LogP contribution < -0.4 is 9.46 Å². The van der Waals surface area contributed by atoms with E-state index in [1.807, 2.05) is 13.0 Å². The molecule has 0 spiro atoms. The van der Waals surface area contributed by atoms with Gasteiger partial charge < -0.3 is 4.74 Å². The van der Waals surface area contributed by atoms with Gasteiger partial charge in [0.15, 0.2) is 0 Å². The summed E-state index contributed by atoms with van der Waals surface area (Å²) in [6.07, 6.45) is 0.756. The third-order valence-corrected chi connectivity index (χ3v) is 4.19. The molecule has 18 heavy (non-hydrogen) atoms. The number of hydrogen-bond donors (Lipinski definition) is 1. The zero-order valence-electron chi connectivity index (χ0n) is 11.4. The van der Waals surface area contributed by atoms with Gasteiger partial charge >= 0.3 is 0 Å². The molecule has 0 atom stereocenters. The fourth-order valence-corrected chi connectivity index (χ4v) is 2.86. The first-order chi connectivity index (χ1) is 8.42. The molecule has 5 heteroatoms. The Balaban J connectivity index is 3.17. The maximum Gasteiger partial charge on any atom is 0.244 e. The van der Waals surface area contributed by atoms with Crippen molar-refractivity contribution in [1.29, 1.82) is 0 Å². The SMILES string of the molecule is CCCNS(=O)(=O)c1ccc(C(C)C)cc1OC. The molecule has 1 aromatic rings. The summed E-state index contributed by atoms with van der Waals surface area (Å²) in [5.74, 6) is 0.726. The van der Waals surface area contributed by atoms with Crippen molar-refractivity contribution in [3.63, 3.8) is 0 Å². The van der Waals surface area contributed by atoms with Gasteiger partial charge in [0.2, 0.25) is 10.0 Å². The highest BCUT2D eigenvalue weighted by atomic mass is 32.2. The fraction of sp³-hybridized carbons (Fsp3) is 0.538. The number of rotatable bonds is 6. The number of hydrogen-bond acceptors (Lipinski definition) is 3. The summed E-state index contributed by atoms with van der Waals surface area (Å²) in [5, 5.41) is 0. The summed E-state index contributed by atoms with van der Waals surface area (Å²) in [4.78, 5) is 0.197. The van der Waals surface area contributed by atoms with E-state index < -0.39 is 10.0 Å². The molecule has 0 saturated carbocycles. The third kappa shape index (κ3) is 3.46. The fourth-order valence-electron chi connectivity index (χ4n) is 1.58. The molecule has 4 nitrogen and oxygen atoms in total. The van der Waals surface area contributed by atoms with Crippen molar-refractivity contribution in [2.24, 2.45) is 0 Å². The van der Waals surface area contributed by atoms with Gasteiger partial charge in [-0.25, -0.2) is 13.1 Å². The second-order valence-corrected chi connectivity index (χ2v) is 6.20. The molecule has 1 rings (SSSR count). The predicted octanol–water partition coefficient (Wildman–Crippen LogP) is 2.51. The smallest absolute Gasteiger partial charge is 0.244 e. The lowest BCUT2D eigenvalue weighted by molar-refractivity contribution is 0.401. The molecule has 0 aliphatic carbocycles. The van der Waals surface area contributed by atoms with Crippen LogP contribution in [0.25, 0.3) is 0 Å². The minimum atomic E-state index is -3.48. The standard InChI is InChI=1S/C13H21NO3S/c1-5-8-14-18(15,16)13-7-6-11(10(2)3)9-12(13)17-4/h6-7,9-10,14H,5,8H2,1-4H3. The van der Waals surface area contributed by atoms with Crippen molar-refractivity contribution in [3.05, 3.63) is 23.8 Å². The zero-order chi connectivity index (χ0) is 13.8. The maximum atomic E-state index is 12.1. The van der Waals surface area contributed by atoms with Crippen LogP contribution in [-0.4, -0.2) is 22.1 Å².